The van der Waals surface area contributed by atoms with Crippen molar-refractivity contribution in [3.63, 3.8) is 0 Å². The van der Waals surface area contributed by atoms with E-state index in [9.17, 15) is 27.2 Å². The minimum atomic E-state index is -2.64. The van der Waals surface area contributed by atoms with Gasteiger partial charge < -0.3 is 10.7 Å². The van der Waals surface area contributed by atoms with E-state index in [0.29, 0.717) is 23.9 Å². The van der Waals surface area contributed by atoms with E-state index in [-0.39, 0.29) is 34.4 Å². The molecule has 4 rings (SSSR count). The van der Waals surface area contributed by atoms with Crippen molar-refractivity contribution in [3.8, 4) is 0 Å². The first-order chi connectivity index (χ1) is 15.0. The Balaban J connectivity index is 0.000000186. The van der Waals surface area contributed by atoms with Crippen LogP contribution >= 0.6 is 0 Å². The zero-order valence-corrected chi connectivity index (χ0v) is 17.6. The van der Waals surface area contributed by atoms with Crippen LogP contribution in [0, 0.1) is 24.5 Å². The van der Waals surface area contributed by atoms with Crippen LogP contribution in [0.4, 0.5) is 17.6 Å². The Hall–Kier alpha value is -3.23. The summed E-state index contributed by atoms with van der Waals surface area (Å²) in [7, 11) is 0. The van der Waals surface area contributed by atoms with E-state index in [0.717, 1.165) is 6.07 Å². The van der Waals surface area contributed by atoms with Gasteiger partial charge in [-0.15, -0.1) is 0 Å². The summed E-state index contributed by atoms with van der Waals surface area (Å²) in [6.07, 6.45) is 3.40. The molecule has 2 unspecified atom stereocenters. The number of fused-ring (bicyclic) bond motifs is 1. The second-order valence-electron chi connectivity index (χ2n) is 8.00. The van der Waals surface area contributed by atoms with Gasteiger partial charge in [0.15, 0.2) is 17.1 Å². The molecule has 170 valence electrons. The molecule has 0 spiro atoms. The summed E-state index contributed by atoms with van der Waals surface area (Å²) in [4.78, 5) is 29.0. The van der Waals surface area contributed by atoms with Crippen LogP contribution < -0.4 is 11.2 Å². The summed E-state index contributed by atoms with van der Waals surface area (Å²) in [6, 6.07) is 5.54. The van der Waals surface area contributed by atoms with E-state index >= 15 is 0 Å². The van der Waals surface area contributed by atoms with Crippen molar-refractivity contribution in [1.82, 2.24) is 9.97 Å². The molecule has 1 saturated carbocycles. The number of carbonyl (C=O) groups is 1. The number of nitrogens with zero attached hydrogens (tertiary/aromatic N) is 1. The van der Waals surface area contributed by atoms with Gasteiger partial charge in [-0.2, -0.15) is 0 Å². The minimum Gasteiger partial charge on any atom is -0.364 e. The number of hydrogen-bond acceptors (Lipinski definition) is 3. The Labute approximate surface area is 181 Å². The van der Waals surface area contributed by atoms with Crippen molar-refractivity contribution in [3.05, 3.63) is 75.3 Å². The van der Waals surface area contributed by atoms with E-state index in [4.69, 9.17) is 5.73 Å². The number of nitrogens with two attached hydrogens (primary N) is 1. The van der Waals surface area contributed by atoms with Crippen molar-refractivity contribution in [2.75, 3.05) is 0 Å². The lowest BCUT2D eigenvalue weighted by atomic mass is 9.75. The Bertz CT molecular complexity index is 1200. The van der Waals surface area contributed by atoms with Gasteiger partial charge in [-0.05, 0) is 48.9 Å². The largest absolute Gasteiger partial charge is 0.364 e. The number of nitrogens with one attached hydrogen (secondary N) is 1. The summed E-state index contributed by atoms with van der Waals surface area (Å²) in [6.45, 7) is 3.02. The molecule has 5 nitrogen and oxygen atoms in total. The van der Waals surface area contributed by atoms with Crippen LogP contribution in [0.1, 0.15) is 53.7 Å². The highest BCUT2D eigenvalue weighted by molar-refractivity contribution is 6.03. The van der Waals surface area contributed by atoms with E-state index in [2.05, 4.69) is 9.97 Å². The number of pyridine rings is 2. The van der Waals surface area contributed by atoms with Gasteiger partial charge in [-0.3, -0.25) is 14.6 Å². The van der Waals surface area contributed by atoms with E-state index < -0.39 is 29.4 Å². The SMILES string of the molecule is Cc1c(C2CCC(F)(F)C(C)C2)ccc(F)c1F.NC(=O)c1nccc2[nH]ccc(=O)c12. The molecular formula is C23H23F4N3O2. The molecule has 0 saturated heterocycles. The number of alkyl halides is 2. The number of rotatable bonds is 2. The average molecular weight is 449 g/mol. The van der Waals surface area contributed by atoms with Crippen LogP contribution in [0.3, 0.4) is 0 Å². The second kappa shape index (κ2) is 9.10. The Kier molecular flexibility index (Phi) is 6.66. The fourth-order valence-corrected chi connectivity index (χ4v) is 4.03. The molecule has 0 aliphatic heterocycles. The third-order valence-corrected chi connectivity index (χ3v) is 5.91. The number of H-pyrrole nitrogens is 1. The second-order valence-corrected chi connectivity index (χ2v) is 8.00. The lowest BCUT2D eigenvalue weighted by Crippen LogP contribution is -2.32. The lowest BCUT2D eigenvalue weighted by molar-refractivity contribution is -0.0831. The molecule has 0 bridgehead atoms. The maximum absolute atomic E-state index is 13.5. The molecule has 3 aromatic rings. The monoisotopic (exact) mass is 449 g/mol. The van der Waals surface area contributed by atoms with Gasteiger partial charge in [0.25, 0.3) is 11.8 Å². The molecule has 2 heterocycles. The first-order valence-electron chi connectivity index (χ1n) is 10.1. The van der Waals surface area contributed by atoms with Crippen LogP contribution in [0.5, 0.6) is 0 Å². The molecule has 32 heavy (non-hydrogen) atoms. The van der Waals surface area contributed by atoms with Crippen LogP contribution in [-0.2, 0) is 0 Å². The Morgan fingerprint density at radius 3 is 2.59 bits per heavy atom. The number of halogens is 4. The number of amides is 1. The number of carbonyl (C=O) groups excluding carboxylic acids is 1. The third-order valence-electron chi connectivity index (χ3n) is 5.91. The first-order valence-corrected chi connectivity index (χ1v) is 10.1. The molecule has 2 aromatic heterocycles. The van der Waals surface area contributed by atoms with Crippen LogP contribution in [-0.4, -0.2) is 21.8 Å². The normalized spacial score (nSPS) is 19.8. The minimum absolute atomic E-state index is 0.00403. The fraction of sp³-hybridized carbons (Fsp3) is 0.348. The highest BCUT2D eigenvalue weighted by Gasteiger charge is 2.42. The van der Waals surface area contributed by atoms with Crippen molar-refractivity contribution < 1.29 is 22.4 Å². The zero-order valence-electron chi connectivity index (χ0n) is 17.6. The molecule has 9 heteroatoms. The topological polar surface area (TPSA) is 88.8 Å². The predicted octanol–water partition coefficient (Wildman–Crippen LogP) is 4.83. The van der Waals surface area contributed by atoms with Crippen molar-refractivity contribution in [1.29, 1.82) is 0 Å². The molecule has 1 fully saturated rings. The molecular weight excluding hydrogens is 426 g/mol. The van der Waals surface area contributed by atoms with Crippen molar-refractivity contribution in [2.45, 2.75) is 45.0 Å². The summed E-state index contributed by atoms with van der Waals surface area (Å²) in [5.74, 6) is -5.91. The van der Waals surface area contributed by atoms with Crippen LogP contribution in [0.15, 0.2) is 41.5 Å². The number of hydrogen-bond donors (Lipinski definition) is 2. The third kappa shape index (κ3) is 4.66. The number of benzene rings is 1. The van der Waals surface area contributed by atoms with E-state index in [1.807, 2.05) is 0 Å². The van der Waals surface area contributed by atoms with Gasteiger partial charge in [0.1, 0.15) is 5.69 Å². The molecule has 0 radical (unpaired) electrons. The van der Waals surface area contributed by atoms with Gasteiger partial charge in [0.05, 0.1) is 10.9 Å². The van der Waals surface area contributed by atoms with Crippen molar-refractivity contribution >= 4 is 16.8 Å². The Morgan fingerprint density at radius 1 is 1.22 bits per heavy atom. The maximum Gasteiger partial charge on any atom is 0.268 e. The van der Waals surface area contributed by atoms with Gasteiger partial charge in [-0.1, -0.05) is 13.0 Å². The number of aromatic nitrogens is 2. The van der Waals surface area contributed by atoms with Crippen LogP contribution in [0.25, 0.3) is 10.9 Å². The molecule has 1 aromatic carbocycles. The number of primary amides is 1. The summed E-state index contributed by atoms with van der Waals surface area (Å²) >= 11 is 0. The van der Waals surface area contributed by atoms with Gasteiger partial charge >= 0.3 is 0 Å². The van der Waals surface area contributed by atoms with E-state index in [1.165, 1.54) is 38.4 Å². The average Bonchev–Trinajstić information content (AvgIpc) is 2.75. The van der Waals surface area contributed by atoms with Gasteiger partial charge in [0, 0.05) is 30.8 Å². The molecule has 3 N–H and O–H groups in total. The zero-order chi connectivity index (χ0) is 23.6. The first kappa shape index (κ1) is 23.4. The highest BCUT2D eigenvalue weighted by atomic mass is 19.3. The van der Waals surface area contributed by atoms with Crippen molar-refractivity contribution in [2.24, 2.45) is 11.7 Å². The molecule has 1 aliphatic rings. The molecule has 1 amide bonds. The summed E-state index contributed by atoms with van der Waals surface area (Å²) in [5, 5.41) is 0.238. The lowest BCUT2D eigenvalue weighted by Gasteiger charge is -2.34. The fourth-order valence-electron chi connectivity index (χ4n) is 4.03. The summed E-state index contributed by atoms with van der Waals surface area (Å²) < 4.78 is 53.3. The Morgan fingerprint density at radius 2 is 1.94 bits per heavy atom. The van der Waals surface area contributed by atoms with Crippen LogP contribution in [0.2, 0.25) is 0 Å². The van der Waals surface area contributed by atoms with Gasteiger partial charge in [0.2, 0.25) is 0 Å². The predicted molar refractivity (Wildman–Crippen MR) is 113 cm³/mol. The highest BCUT2D eigenvalue weighted by Crippen LogP contribution is 2.45. The smallest absolute Gasteiger partial charge is 0.268 e. The quantitative estimate of drug-likeness (QED) is 0.549. The molecule has 2 atom stereocenters. The molecule has 1 aliphatic carbocycles. The maximum atomic E-state index is 13.5. The standard InChI is InChI=1S/C14H16F4.C9H7N3O2/c1-8-7-10(5-6-14(8,17)18)11-3-4-12(15)13(16)9(11)2;10-9(14)8-7-5(1-3-12-8)11-4-2-6(7)13/h3-4,8,10H,5-7H2,1-2H3;1-4H,(H2,10,14)(H,11,13). The van der Waals surface area contributed by atoms with Gasteiger partial charge in [-0.25, -0.2) is 17.6 Å². The van der Waals surface area contributed by atoms with E-state index in [1.54, 1.807) is 6.07 Å². The number of aromatic amines is 1. The summed E-state index contributed by atoms with van der Waals surface area (Å²) in [5.41, 5.74) is 6.30.